The van der Waals surface area contributed by atoms with Crippen LogP contribution in [0, 0.1) is 5.92 Å². The number of halogens is 1. The summed E-state index contributed by atoms with van der Waals surface area (Å²) in [6, 6.07) is 1.26. The lowest BCUT2D eigenvalue weighted by Gasteiger charge is -2.23. The van der Waals surface area contributed by atoms with Gasteiger partial charge >= 0.3 is 0 Å². The van der Waals surface area contributed by atoms with E-state index in [1.165, 1.54) is 0 Å². The lowest BCUT2D eigenvalue weighted by atomic mass is 10.0. The van der Waals surface area contributed by atoms with E-state index in [0.29, 0.717) is 5.69 Å². The average Bonchev–Trinajstić information content (AvgIpc) is 2.94. The molecule has 2 heterocycles. The third-order valence-corrected chi connectivity index (χ3v) is 3.75. The number of aromatic nitrogens is 2. The van der Waals surface area contributed by atoms with E-state index < -0.39 is 11.9 Å². The summed E-state index contributed by atoms with van der Waals surface area (Å²) in [4.78, 5) is 23.5. The number of carbonyl (C=O) groups excluding carboxylic acids is 2. The van der Waals surface area contributed by atoms with Crippen molar-refractivity contribution in [3.8, 4) is 0 Å². The highest BCUT2D eigenvalue weighted by Gasteiger charge is 2.24. The fourth-order valence-electron chi connectivity index (χ4n) is 2.50. The molecule has 2 rings (SSSR count). The first kappa shape index (κ1) is 18.4. The summed E-state index contributed by atoms with van der Waals surface area (Å²) < 4.78 is 1.82. The van der Waals surface area contributed by atoms with E-state index >= 15 is 0 Å². The number of piperidine rings is 1. The van der Waals surface area contributed by atoms with E-state index in [-0.39, 0.29) is 30.3 Å². The first-order valence-corrected chi connectivity index (χ1v) is 7.35. The lowest BCUT2D eigenvalue weighted by molar-refractivity contribution is -0.120. The van der Waals surface area contributed by atoms with Crippen molar-refractivity contribution in [1.29, 1.82) is 0 Å². The molecule has 1 aliphatic heterocycles. The summed E-state index contributed by atoms with van der Waals surface area (Å²) >= 11 is 0. The number of amides is 2. The smallest absolute Gasteiger partial charge is 0.272 e. The van der Waals surface area contributed by atoms with Crippen LogP contribution in [0.5, 0.6) is 0 Å². The second-order valence-corrected chi connectivity index (χ2v) is 5.78. The molecule has 1 fully saturated rings. The number of nitrogens with zero attached hydrogens (tertiary/aromatic N) is 2. The van der Waals surface area contributed by atoms with Crippen LogP contribution in [-0.2, 0) is 4.79 Å². The van der Waals surface area contributed by atoms with Gasteiger partial charge in [-0.3, -0.25) is 14.3 Å². The fourth-order valence-corrected chi connectivity index (χ4v) is 2.50. The minimum atomic E-state index is -0.681. The molecule has 2 amide bonds. The molecule has 0 bridgehead atoms. The molecule has 1 aromatic rings. The number of carbonyl (C=O) groups is 2. The molecule has 124 valence electrons. The van der Waals surface area contributed by atoms with Gasteiger partial charge in [0.15, 0.2) is 0 Å². The monoisotopic (exact) mass is 329 g/mol. The Hall–Kier alpha value is -1.60. The predicted molar refractivity (Wildman–Crippen MR) is 85.9 cm³/mol. The molecule has 1 aromatic heterocycles. The minimum Gasteiger partial charge on any atom is -0.368 e. The Morgan fingerprint density at radius 3 is 2.77 bits per heavy atom. The number of nitrogens with one attached hydrogen (secondary N) is 2. The van der Waals surface area contributed by atoms with Crippen molar-refractivity contribution >= 4 is 24.2 Å². The van der Waals surface area contributed by atoms with Gasteiger partial charge in [0.2, 0.25) is 5.91 Å². The van der Waals surface area contributed by atoms with Gasteiger partial charge in [0.25, 0.3) is 5.91 Å². The summed E-state index contributed by atoms with van der Waals surface area (Å²) in [5.74, 6) is -0.958. The average molecular weight is 330 g/mol. The second kappa shape index (κ2) is 8.14. The number of rotatable bonds is 5. The van der Waals surface area contributed by atoms with Crippen LogP contribution in [0.3, 0.4) is 0 Å². The van der Waals surface area contributed by atoms with Crippen LogP contribution in [0.25, 0.3) is 0 Å². The molecule has 1 aliphatic rings. The summed E-state index contributed by atoms with van der Waals surface area (Å²) in [6.45, 7) is 5.56. The van der Waals surface area contributed by atoms with Gasteiger partial charge in [-0.1, -0.05) is 13.8 Å². The van der Waals surface area contributed by atoms with Crippen LogP contribution < -0.4 is 16.4 Å². The molecular weight excluding hydrogens is 306 g/mol. The van der Waals surface area contributed by atoms with E-state index in [1.807, 2.05) is 18.5 Å². The zero-order valence-electron chi connectivity index (χ0n) is 12.9. The van der Waals surface area contributed by atoms with Gasteiger partial charge in [-0.2, -0.15) is 5.10 Å². The van der Waals surface area contributed by atoms with Crippen LogP contribution in [0.4, 0.5) is 0 Å². The van der Waals surface area contributed by atoms with Gasteiger partial charge in [-0.15, -0.1) is 12.4 Å². The summed E-state index contributed by atoms with van der Waals surface area (Å²) in [7, 11) is 0. The van der Waals surface area contributed by atoms with Crippen LogP contribution in [0.2, 0.25) is 0 Å². The highest BCUT2D eigenvalue weighted by atomic mass is 35.5. The van der Waals surface area contributed by atoms with Crippen LogP contribution in [0.1, 0.15) is 43.2 Å². The van der Waals surface area contributed by atoms with Crippen molar-refractivity contribution in [2.24, 2.45) is 11.7 Å². The molecule has 22 heavy (non-hydrogen) atoms. The molecule has 2 atom stereocenters. The van der Waals surface area contributed by atoms with Crippen molar-refractivity contribution in [2.75, 3.05) is 13.1 Å². The van der Waals surface area contributed by atoms with E-state index in [4.69, 9.17) is 5.73 Å². The Morgan fingerprint density at radius 1 is 1.50 bits per heavy atom. The molecule has 0 spiro atoms. The van der Waals surface area contributed by atoms with E-state index in [9.17, 15) is 9.59 Å². The van der Waals surface area contributed by atoms with Crippen LogP contribution in [0.15, 0.2) is 12.3 Å². The van der Waals surface area contributed by atoms with Gasteiger partial charge < -0.3 is 16.4 Å². The standard InChI is InChI=1S/C14H23N5O2.ClH/c1-9(2)12(13(15)20)17-14(21)11-5-7-19(18-11)10-4-3-6-16-8-10;/h5,7,9-10,12,16H,3-4,6,8H2,1-2H3,(H2,15,20)(H,17,21);1H. The van der Waals surface area contributed by atoms with E-state index in [2.05, 4.69) is 15.7 Å². The van der Waals surface area contributed by atoms with E-state index in [0.717, 1.165) is 25.9 Å². The molecule has 8 heteroatoms. The van der Waals surface area contributed by atoms with Gasteiger partial charge in [-0.05, 0) is 31.4 Å². The minimum absolute atomic E-state index is 0. The van der Waals surface area contributed by atoms with Crippen LogP contribution in [-0.4, -0.2) is 40.7 Å². The van der Waals surface area contributed by atoms with Gasteiger partial charge in [0.05, 0.1) is 6.04 Å². The van der Waals surface area contributed by atoms with Gasteiger partial charge in [0, 0.05) is 12.7 Å². The normalized spacial score (nSPS) is 19.3. The first-order chi connectivity index (χ1) is 9.99. The third kappa shape index (κ3) is 4.45. The first-order valence-electron chi connectivity index (χ1n) is 7.35. The topological polar surface area (TPSA) is 102 Å². The summed E-state index contributed by atoms with van der Waals surface area (Å²) in [5.41, 5.74) is 5.61. The number of hydrogen-bond donors (Lipinski definition) is 3. The molecular formula is C14H24ClN5O2. The lowest BCUT2D eigenvalue weighted by Crippen LogP contribution is -2.47. The number of nitrogens with two attached hydrogens (primary N) is 1. The molecule has 1 saturated heterocycles. The summed E-state index contributed by atoms with van der Waals surface area (Å²) in [5, 5.41) is 10.3. The van der Waals surface area contributed by atoms with Crippen molar-refractivity contribution in [3.05, 3.63) is 18.0 Å². The van der Waals surface area contributed by atoms with Crippen molar-refractivity contribution in [1.82, 2.24) is 20.4 Å². The molecule has 0 aromatic carbocycles. The van der Waals surface area contributed by atoms with E-state index in [1.54, 1.807) is 12.3 Å². The Labute approximate surface area is 136 Å². The maximum atomic E-state index is 12.1. The fraction of sp³-hybridized carbons (Fsp3) is 0.643. The zero-order valence-corrected chi connectivity index (χ0v) is 13.7. The maximum Gasteiger partial charge on any atom is 0.272 e. The van der Waals surface area contributed by atoms with Gasteiger partial charge in [-0.25, -0.2) is 0 Å². The number of primary amides is 1. The highest BCUT2D eigenvalue weighted by Crippen LogP contribution is 2.15. The number of hydrogen-bond acceptors (Lipinski definition) is 4. The molecule has 4 N–H and O–H groups in total. The largest absolute Gasteiger partial charge is 0.368 e. The molecule has 2 unspecified atom stereocenters. The van der Waals surface area contributed by atoms with Gasteiger partial charge in [0.1, 0.15) is 11.7 Å². The highest BCUT2D eigenvalue weighted by molar-refractivity contribution is 5.95. The zero-order chi connectivity index (χ0) is 15.4. The Balaban J connectivity index is 0.00000242. The second-order valence-electron chi connectivity index (χ2n) is 5.78. The third-order valence-electron chi connectivity index (χ3n) is 3.75. The molecule has 0 aliphatic carbocycles. The van der Waals surface area contributed by atoms with Crippen molar-refractivity contribution in [3.63, 3.8) is 0 Å². The van der Waals surface area contributed by atoms with Crippen molar-refractivity contribution in [2.45, 2.75) is 38.8 Å². The molecule has 0 radical (unpaired) electrons. The Morgan fingerprint density at radius 2 is 2.23 bits per heavy atom. The Kier molecular flexibility index (Phi) is 6.83. The van der Waals surface area contributed by atoms with Crippen LogP contribution >= 0.6 is 12.4 Å². The summed E-state index contributed by atoms with van der Waals surface area (Å²) in [6.07, 6.45) is 3.95. The predicted octanol–water partition coefficient (Wildman–Crippen LogP) is 0.469. The maximum absolute atomic E-state index is 12.1. The Bertz CT molecular complexity index is 511. The SMILES string of the molecule is CC(C)C(NC(=O)c1ccn(C2CCCNC2)n1)C(N)=O.Cl. The van der Waals surface area contributed by atoms with Crippen molar-refractivity contribution < 1.29 is 9.59 Å². The quantitative estimate of drug-likeness (QED) is 0.730. The molecule has 7 nitrogen and oxygen atoms in total. The molecule has 0 saturated carbocycles.